The summed E-state index contributed by atoms with van der Waals surface area (Å²) < 4.78 is 5.66. The van der Waals surface area contributed by atoms with E-state index >= 15 is 0 Å². The summed E-state index contributed by atoms with van der Waals surface area (Å²) in [6.45, 7) is 7.21. The highest BCUT2D eigenvalue weighted by molar-refractivity contribution is 7.99. The van der Waals surface area contributed by atoms with Crippen LogP contribution in [-0.2, 0) is 4.74 Å². The first-order valence-corrected chi connectivity index (χ1v) is 8.56. The molecule has 1 aliphatic carbocycles. The van der Waals surface area contributed by atoms with Gasteiger partial charge in [0.05, 0.1) is 19.3 Å². The van der Waals surface area contributed by atoms with Crippen LogP contribution in [0.1, 0.15) is 26.7 Å². The third-order valence-electron chi connectivity index (χ3n) is 3.77. The Hall–Kier alpha value is -0.0300. The second-order valence-electron chi connectivity index (χ2n) is 5.58. The molecule has 0 heterocycles. The van der Waals surface area contributed by atoms with Crippen molar-refractivity contribution in [2.75, 3.05) is 32.6 Å². The lowest BCUT2D eigenvalue weighted by atomic mass is 9.85. The molecule has 0 radical (unpaired) electrons. The van der Waals surface area contributed by atoms with Crippen molar-refractivity contribution in [3.8, 4) is 0 Å². The van der Waals surface area contributed by atoms with Gasteiger partial charge >= 0.3 is 0 Å². The lowest BCUT2D eigenvalue weighted by molar-refractivity contribution is 0.0130. The summed E-state index contributed by atoms with van der Waals surface area (Å²) in [6, 6.07) is 0. The van der Waals surface area contributed by atoms with Crippen LogP contribution in [0, 0.1) is 11.8 Å². The van der Waals surface area contributed by atoms with Gasteiger partial charge in [-0.15, -0.1) is 0 Å². The fourth-order valence-electron chi connectivity index (χ4n) is 2.19. The molecule has 0 aromatic heterocycles. The normalized spacial score (nSPS) is 26.3. The quantitative estimate of drug-likeness (QED) is 0.639. The van der Waals surface area contributed by atoms with Gasteiger partial charge in [-0.25, -0.2) is 0 Å². The van der Waals surface area contributed by atoms with Crippen molar-refractivity contribution in [2.45, 2.75) is 38.0 Å². The number of allylic oxidation sites excluding steroid dienone is 2. The van der Waals surface area contributed by atoms with E-state index in [-0.39, 0.29) is 0 Å². The zero-order valence-corrected chi connectivity index (χ0v) is 13.3. The van der Waals surface area contributed by atoms with E-state index in [0.29, 0.717) is 30.2 Å². The lowest BCUT2D eigenvalue weighted by Crippen LogP contribution is -2.34. The molecule has 1 aliphatic rings. The zero-order valence-electron chi connectivity index (χ0n) is 12.5. The van der Waals surface area contributed by atoms with E-state index in [4.69, 9.17) is 4.74 Å². The van der Waals surface area contributed by atoms with Crippen molar-refractivity contribution in [2.24, 2.45) is 11.8 Å². The first kappa shape index (κ1) is 17.0. The van der Waals surface area contributed by atoms with Crippen molar-refractivity contribution in [3.05, 3.63) is 12.2 Å². The second kappa shape index (κ2) is 9.81. The predicted octanol–water partition coefficient (Wildman–Crippen LogP) is 2.31. The van der Waals surface area contributed by atoms with Gasteiger partial charge in [0, 0.05) is 18.3 Å². The molecule has 19 heavy (non-hydrogen) atoms. The summed E-state index contributed by atoms with van der Waals surface area (Å²) in [4.78, 5) is 0. The summed E-state index contributed by atoms with van der Waals surface area (Å²) in [5, 5.41) is 13.7. The van der Waals surface area contributed by atoms with Crippen molar-refractivity contribution in [1.82, 2.24) is 5.32 Å². The minimum absolute atomic E-state index is 0.400. The first-order valence-electron chi connectivity index (χ1n) is 7.27. The van der Waals surface area contributed by atoms with Crippen molar-refractivity contribution in [1.29, 1.82) is 0 Å². The molecule has 0 saturated carbocycles. The molecule has 3 nitrogen and oxygen atoms in total. The van der Waals surface area contributed by atoms with Gasteiger partial charge in [0.25, 0.3) is 0 Å². The van der Waals surface area contributed by atoms with Gasteiger partial charge in [-0.1, -0.05) is 26.0 Å². The third kappa shape index (κ3) is 7.35. The summed E-state index contributed by atoms with van der Waals surface area (Å²) in [5.41, 5.74) is 0. The van der Waals surface area contributed by atoms with Crippen LogP contribution in [0.2, 0.25) is 0 Å². The fourth-order valence-corrected chi connectivity index (χ4v) is 2.47. The smallest absolute Gasteiger partial charge is 0.0897 e. The number of nitrogens with one attached hydrogen (secondary N) is 1. The molecule has 4 heteroatoms. The summed E-state index contributed by atoms with van der Waals surface area (Å²) in [5.74, 6) is 1.31. The van der Waals surface area contributed by atoms with Crippen molar-refractivity contribution < 1.29 is 9.84 Å². The largest absolute Gasteiger partial charge is 0.389 e. The Morgan fingerprint density at radius 3 is 2.79 bits per heavy atom. The minimum atomic E-state index is -0.400. The summed E-state index contributed by atoms with van der Waals surface area (Å²) in [7, 11) is 0. The lowest BCUT2D eigenvalue weighted by Gasteiger charge is -2.25. The van der Waals surface area contributed by atoms with Crippen LogP contribution < -0.4 is 5.32 Å². The predicted molar refractivity (Wildman–Crippen MR) is 83.7 cm³/mol. The van der Waals surface area contributed by atoms with Gasteiger partial charge < -0.3 is 15.2 Å². The number of rotatable bonds is 9. The molecule has 0 spiro atoms. The fraction of sp³-hybridized carbons (Fsp3) is 0.867. The molecule has 0 saturated heterocycles. The minimum Gasteiger partial charge on any atom is -0.389 e. The van der Waals surface area contributed by atoms with Crippen LogP contribution in [-0.4, -0.2) is 49.0 Å². The molecule has 0 bridgehead atoms. The highest BCUT2D eigenvalue weighted by atomic mass is 32.2. The maximum absolute atomic E-state index is 9.82. The topological polar surface area (TPSA) is 41.5 Å². The Morgan fingerprint density at radius 2 is 2.11 bits per heavy atom. The number of aliphatic hydroxyl groups excluding tert-OH is 1. The number of aliphatic hydroxyl groups is 1. The molecule has 0 aliphatic heterocycles. The molecule has 0 amide bonds. The van der Waals surface area contributed by atoms with Crippen LogP contribution >= 0.6 is 11.8 Å². The Morgan fingerprint density at radius 1 is 1.37 bits per heavy atom. The molecule has 0 aromatic carbocycles. The number of thioether (sulfide) groups is 1. The molecular weight excluding hydrogens is 258 g/mol. The van der Waals surface area contributed by atoms with Crippen LogP contribution in [0.25, 0.3) is 0 Å². The Kier molecular flexibility index (Phi) is 8.79. The Labute approximate surface area is 122 Å². The molecule has 0 aromatic rings. The van der Waals surface area contributed by atoms with Gasteiger partial charge in [0.15, 0.2) is 0 Å². The average Bonchev–Trinajstić information content (AvgIpc) is 2.40. The van der Waals surface area contributed by atoms with Crippen LogP contribution in [0.3, 0.4) is 0 Å². The van der Waals surface area contributed by atoms with E-state index in [1.54, 1.807) is 0 Å². The van der Waals surface area contributed by atoms with Crippen molar-refractivity contribution in [3.63, 3.8) is 0 Å². The molecule has 0 fully saturated rings. The van der Waals surface area contributed by atoms with E-state index in [9.17, 15) is 5.11 Å². The number of hydrogen-bond donors (Lipinski definition) is 2. The van der Waals surface area contributed by atoms with E-state index in [0.717, 1.165) is 26.0 Å². The Bertz CT molecular complexity index is 261. The summed E-state index contributed by atoms with van der Waals surface area (Å²) >= 11 is 1.83. The standard InChI is InChI=1S/C15H29NO2S/c1-12-6-4-5-7-14(12)10-18-11-15(17)9-16-8-13(2)19-3/h4-5,12-17H,6-11H2,1-3H3. The van der Waals surface area contributed by atoms with Gasteiger partial charge in [0.2, 0.25) is 0 Å². The van der Waals surface area contributed by atoms with E-state index in [1.165, 1.54) is 0 Å². The van der Waals surface area contributed by atoms with Crippen LogP contribution in [0.15, 0.2) is 12.2 Å². The highest BCUT2D eigenvalue weighted by Gasteiger charge is 2.18. The SMILES string of the molecule is CSC(C)CNCC(O)COCC1CC=CCC1C. The number of hydrogen-bond acceptors (Lipinski definition) is 4. The maximum atomic E-state index is 9.82. The second-order valence-corrected chi connectivity index (χ2v) is 6.85. The monoisotopic (exact) mass is 287 g/mol. The molecule has 2 N–H and O–H groups in total. The molecule has 112 valence electrons. The Balaban J connectivity index is 2.03. The van der Waals surface area contributed by atoms with Gasteiger partial charge in [-0.3, -0.25) is 0 Å². The average molecular weight is 287 g/mol. The van der Waals surface area contributed by atoms with Gasteiger partial charge in [0.1, 0.15) is 0 Å². The maximum Gasteiger partial charge on any atom is 0.0897 e. The summed E-state index contributed by atoms with van der Waals surface area (Å²) in [6.07, 6.45) is 8.48. The van der Waals surface area contributed by atoms with Crippen LogP contribution in [0.5, 0.6) is 0 Å². The van der Waals surface area contributed by atoms with Gasteiger partial charge in [-0.2, -0.15) is 11.8 Å². The molecular formula is C15H29NO2S. The molecule has 4 unspecified atom stereocenters. The highest BCUT2D eigenvalue weighted by Crippen LogP contribution is 2.24. The van der Waals surface area contributed by atoms with Gasteiger partial charge in [-0.05, 0) is 30.9 Å². The van der Waals surface area contributed by atoms with Crippen molar-refractivity contribution >= 4 is 11.8 Å². The first-order chi connectivity index (χ1) is 9.13. The third-order valence-corrected chi connectivity index (χ3v) is 4.75. The zero-order chi connectivity index (χ0) is 14.1. The van der Waals surface area contributed by atoms with E-state index in [2.05, 4.69) is 37.6 Å². The number of ether oxygens (including phenoxy) is 1. The van der Waals surface area contributed by atoms with E-state index < -0.39 is 6.10 Å². The van der Waals surface area contributed by atoms with Crippen LogP contribution in [0.4, 0.5) is 0 Å². The molecule has 1 rings (SSSR count). The van der Waals surface area contributed by atoms with E-state index in [1.807, 2.05) is 11.8 Å². The molecule has 4 atom stereocenters.